The third kappa shape index (κ3) is 6.36. The van der Waals surface area contributed by atoms with Crippen LogP contribution < -0.4 is 15.5 Å². The van der Waals surface area contributed by atoms with E-state index in [9.17, 15) is 9.59 Å². The largest absolute Gasteiger partial charge is 0.378 e. The minimum atomic E-state index is -0.361. The number of aromatic nitrogens is 3. The highest BCUT2D eigenvalue weighted by Gasteiger charge is 2.32. The maximum atomic E-state index is 13.0. The third-order valence-corrected chi connectivity index (χ3v) is 8.87. The number of nitrogens with zero attached hydrogens (tertiary/aromatic N) is 6. The molecule has 4 aromatic rings. The summed E-state index contributed by atoms with van der Waals surface area (Å²) in [4.78, 5) is 42.4. The predicted molar refractivity (Wildman–Crippen MR) is 176 cm³/mol. The van der Waals surface area contributed by atoms with Crippen molar-refractivity contribution in [3.8, 4) is 11.4 Å². The molecule has 2 aromatic carbocycles. The molecule has 45 heavy (non-hydrogen) atoms. The molecule has 0 atom stereocenters. The van der Waals surface area contributed by atoms with E-state index in [1.54, 1.807) is 24.3 Å². The van der Waals surface area contributed by atoms with Gasteiger partial charge in [-0.25, -0.2) is 14.8 Å². The van der Waals surface area contributed by atoms with E-state index < -0.39 is 0 Å². The van der Waals surface area contributed by atoms with Gasteiger partial charge >= 0.3 is 6.03 Å². The van der Waals surface area contributed by atoms with Crippen molar-refractivity contribution in [2.75, 3.05) is 68.0 Å². The van der Waals surface area contributed by atoms with Crippen LogP contribution in [0, 0.1) is 0 Å². The summed E-state index contributed by atoms with van der Waals surface area (Å²) in [7, 11) is 0. The van der Waals surface area contributed by atoms with E-state index in [1.165, 1.54) is 12.8 Å². The maximum Gasteiger partial charge on any atom is 0.323 e. The third-order valence-electron chi connectivity index (χ3n) is 8.87. The normalized spacial score (nSPS) is 17.6. The molecule has 2 N–H and O–H groups in total. The molecular weight excluding hydrogens is 568 g/mol. The summed E-state index contributed by atoms with van der Waals surface area (Å²) in [5.74, 6) is 1.60. The summed E-state index contributed by atoms with van der Waals surface area (Å²) >= 11 is 0. The number of fused-ring (bicyclic) bond motifs is 1. The van der Waals surface area contributed by atoms with Crippen molar-refractivity contribution in [2.45, 2.75) is 38.8 Å². The van der Waals surface area contributed by atoms with Gasteiger partial charge in [-0.3, -0.25) is 9.69 Å². The fourth-order valence-corrected chi connectivity index (χ4v) is 6.18. The van der Waals surface area contributed by atoms with Crippen LogP contribution in [0.15, 0.2) is 60.8 Å². The van der Waals surface area contributed by atoms with Crippen LogP contribution in [0.3, 0.4) is 0 Å². The van der Waals surface area contributed by atoms with E-state index in [2.05, 4.69) is 51.1 Å². The Bertz CT molecular complexity index is 1670. The topological polar surface area (TPSA) is 108 Å². The Morgan fingerprint density at radius 2 is 1.47 bits per heavy atom. The molecule has 7 rings (SSSR count). The number of benzene rings is 2. The molecule has 3 fully saturated rings. The molecule has 3 amide bonds. The van der Waals surface area contributed by atoms with Crippen molar-refractivity contribution in [2.24, 2.45) is 0 Å². The Morgan fingerprint density at radius 1 is 0.822 bits per heavy atom. The van der Waals surface area contributed by atoms with E-state index in [1.807, 2.05) is 29.2 Å². The standard InChI is InChI=1S/C34H40N8O3/c1-23(2)42-14-13-29-31(40-19-21-45-22-20-40)37-30(38-32(29)42)24-3-7-26(8-4-24)35-34(44)36-27-9-5-25(6-10-27)33(43)41-17-15-39(16-18-41)28-11-12-28/h3-10,13-14,23,28H,11-12,15-22H2,1-2H3,(H2,35,36,44). The molecule has 1 aliphatic carbocycles. The monoisotopic (exact) mass is 608 g/mol. The van der Waals surface area contributed by atoms with Crippen molar-refractivity contribution in [1.29, 1.82) is 0 Å². The van der Waals surface area contributed by atoms with Crippen molar-refractivity contribution in [1.82, 2.24) is 24.3 Å². The van der Waals surface area contributed by atoms with Gasteiger partial charge in [0.25, 0.3) is 5.91 Å². The van der Waals surface area contributed by atoms with Crippen LogP contribution in [0.1, 0.15) is 43.1 Å². The van der Waals surface area contributed by atoms with E-state index in [4.69, 9.17) is 14.7 Å². The second-order valence-corrected chi connectivity index (χ2v) is 12.3. The molecule has 2 aromatic heterocycles. The lowest BCUT2D eigenvalue weighted by Crippen LogP contribution is -2.49. The molecular formula is C34H40N8O3. The van der Waals surface area contributed by atoms with Crippen LogP contribution in [-0.2, 0) is 4.74 Å². The van der Waals surface area contributed by atoms with Gasteiger partial charge in [-0.1, -0.05) is 0 Å². The average molecular weight is 609 g/mol. The first kappa shape index (κ1) is 29.2. The van der Waals surface area contributed by atoms with E-state index >= 15 is 0 Å². The molecule has 11 heteroatoms. The van der Waals surface area contributed by atoms with E-state index in [0.29, 0.717) is 36.0 Å². The minimum absolute atomic E-state index is 0.0409. The van der Waals surface area contributed by atoms with Gasteiger partial charge in [0.15, 0.2) is 5.82 Å². The molecule has 1 saturated carbocycles. The lowest BCUT2D eigenvalue weighted by atomic mass is 10.1. The smallest absolute Gasteiger partial charge is 0.323 e. The number of piperazine rings is 1. The number of urea groups is 1. The van der Waals surface area contributed by atoms with Gasteiger partial charge in [-0.05, 0) is 81.3 Å². The summed E-state index contributed by atoms with van der Waals surface area (Å²) in [6, 6.07) is 17.4. The summed E-state index contributed by atoms with van der Waals surface area (Å²) in [6.07, 6.45) is 4.65. The molecule has 3 aliphatic rings. The molecule has 4 heterocycles. The fraction of sp³-hybridized carbons (Fsp3) is 0.412. The lowest BCUT2D eigenvalue weighted by molar-refractivity contribution is 0.0627. The highest BCUT2D eigenvalue weighted by molar-refractivity contribution is 6.00. The van der Waals surface area contributed by atoms with Gasteiger partial charge in [0, 0.05) is 80.1 Å². The van der Waals surface area contributed by atoms with Gasteiger partial charge < -0.3 is 29.7 Å². The van der Waals surface area contributed by atoms with Crippen molar-refractivity contribution in [3.05, 3.63) is 66.4 Å². The first-order valence-electron chi connectivity index (χ1n) is 16.0. The molecule has 0 unspecified atom stereocenters. The van der Waals surface area contributed by atoms with Crippen molar-refractivity contribution < 1.29 is 14.3 Å². The maximum absolute atomic E-state index is 13.0. The van der Waals surface area contributed by atoms with Crippen molar-refractivity contribution in [3.63, 3.8) is 0 Å². The van der Waals surface area contributed by atoms with Crippen molar-refractivity contribution >= 4 is 40.2 Å². The number of carbonyl (C=O) groups excluding carboxylic acids is 2. The van der Waals surface area contributed by atoms with Crippen LogP contribution in [0.4, 0.5) is 22.0 Å². The number of hydrogen-bond acceptors (Lipinski definition) is 7. The number of nitrogens with one attached hydrogen (secondary N) is 2. The SMILES string of the molecule is CC(C)n1ccc2c(N3CCOCC3)nc(-c3ccc(NC(=O)Nc4ccc(C(=O)N5CCN(C6CC6)CC5)cc4)cc3)nc21. The molecule has 2 saturated heterocycles. The van der Waals surface area contributed by atoms with Crippen LogP contribution in [0.5, 0.6) is 0 Å². The van der Waals surface area contributed by atoms with Crippen LogP contribution >= 0.6 is 0 Å². The zero-order valence-corrected chi connectivity index (χ0v) is 25.9. The Balaban J connectivity index is 0.997. The molecule has 11 nitrogen and oxygen atoms in total. The van der Waals surface area contributed by atoms with E-state index in [0.717, 1.165) is 67.7 Å². The summed E-state index contributed by atoms with van der Waals surface area (Å²) in [6.45, 7) is 10.6. The zero-order chi connectivity index (χ0) is 30.9. The lowest BCUT2D eigenvalue weighted by Gasteiger charge is -2.34. The molecule has 0 bridgehead atoms. The molecule has 234 valence electrons. The fourth-order valence-electron chi connectivity index (χ4n) is 6.18. The van der Waals surface area contributed by atoms with Gasteiger partial charge in [-0.15, -0.1) is 0 Å². The quantitative estimate of drug-likeness (QED) is 0.301. The number of hydrogen-bond donors (Lipinski definition) is 2. The van der Waals surface area contributed by atoms with Crippen LogP contribution in [-0.4, -0.2) is 94.8 Å². The highest BCUT2D eigenvalue weighted by atomic mass is 16.5. The second kappa shape index (κ2) is 12.5. The summed E-state index contributed by atoms with van der Waals surface area (Å²) < 4.78 is 7.75. The first-order chi connectivity index (χ1) is 21.9. The van der Waals surface area contributed by atoms with Gasteiger partial charge in [0.2, 0.25) is 0 Å². The van der Waals surface area contributed by atoms with Gasteiger partial charge in [-0.2, -0.15) is 0 Å². The number of amides is 3. The summed E-state index contributed by atoms with van der Waals surface area (Å²) in [5.41, 5.74) is 3.66. The molecule has 0 radical (unpaired) electrons. The molecule has 0 spiro atoms. The predicted octanol–water partition coefficient (Wildman–Crippen LogP) is 5.08. The average Bonchev–Trinajstić information content (AvgIpc) is 3.83. The number of rotatable bonds is 7. The van der Waals surface area contributed by atoms with Gasteiger partial charge in [0.05, 0.1) is 18.6 Å². The number of ether oxygens (including phenoxy) is 1. The minimum Gasteiger partial charge on any atom is -0.378 e. The Hall–Kier alpha value is -4.48. The number of carbonyl (C=O) groups is 2. The van der Waals surface area contributed by atoms with E-state index in [-0.39, 0.29) is 18.0 Å². The number of anilines is 3. The molecule has 2 aliphatic heterocycles. The first-order valence-corrected chi connectivity index (χ1v) is 16.0. The summed E-state index contributed by atoms with van der Waals surface area (Å²) in [5, 5.41) is 6.79. The Morgan fingerprint density at radius 3 is 2.09 bits per heavy atom. The Kier molecular flexibility index (Phi) is 8.12. The number of morpholine rings is 1. The van der Waals surface area contributed by atoms with Gasteiger partial charge in [0.1, 0.15) is 11.5 Å². The second-order valence-electron chi connectivity index (χ2n) is 12.3. The van der Waals surface area contributed by atoms with Crippen LogP contribution in [0.25, 0.3) is 22.4 Å². The van der Waals surface area contributed by atoms with Crippen LogP contribution in [0.2, 0.25) is 0 Å². The highest BCUT2D eigenvalue weighted by Crippen LogP contribution is 2.31. The Labute approximate surface area is 263 Å². The zero-order valence-electron chi connectivity index (χ0n) is 25.9.